The fraction of sp³-hybridized carbons (Fsp3) is 0.182. The van der Waals surface area contributed by atoms with Crippen LogP contribution in [0.4, 0.5) is 0 Å². The van der Waals surface area contributed by atoms with Gasteiger partial charge in [-0.05, 0) is 63.5 Å². The molecule has 3 aromatic carbocycles. The molecule has 196 valence electrons. The Morgan fingerprint density at radius 3 is 2.08 bits per heavy atom. The SMILES string of the molecule is CC1(C)OB(c2ccc(-c3nc4c5ccccc5nc(-c5ccccn5)c4n3-c3ccccc3)cc2)OC1(C)C. The first-order valence-corrected chi connectivity index (χ1v) is 13.6. The maximum absolute atomic E-state index is 6.29. The highest BCUT2D eigenvalue weighted by molar-refractivity contribution is 6.62. The van der Waals surface area contributed by atoms with Crippen molar-refractivity contribution in [2.75, 3.05) is 0 Å². The van der Waals surface area contributed by atoms with Crippen molar-refractivity contribution in [1.82, 2.24) is 19.5 Å². The van der Waals surface area contributed by atoms with E-state index in [1.54, 1.807) is 6.20 Å². The molecule has 1 aliphatic rings. The van der Waals surface area contributed by atoms with Crippen LogP contribution in [-0.2, 0) is 9.31 Å². The summed E-state index contributed by atoms with van der Waals surface area (Å²) >= 11 is 0. The average Bonchev–Trinajstić information content (AvgIpc) is 3.48. The second-order valence-corrected chi connectivity index (χ2v) is 11.2. The summed E-state index contributed by atoms with van der Waals surface area (Å²) in [5.41, 5.74) is 6.47. The van der Waals surface area contributed by atoms with Gasteiger partial charge < -0.3 is 9.31 Å². The van der Waals surface area contributed by atoms with Crippen molar-refractivity contribution in [3.05, 3.63) is 103 Å². The molecule has 40 heavy (non-hydrogen) atoms. The number of fused-ring (bicyclic) bond motifs is 3. The second-order valence-electron chi connectivity index (χ2n) is 11.2. The molecule has 6 aromatic rings. The number of imidazole rings is 1. The maximum atomic E-state index is 6.29. The number of para-hydroxylation sites is 2. The molecule has 0 amide bonds. The van der Waals surface area contributed by atoms with Crippen LogP contribution < -0.4 is 5.46 Å². The van der Waals surface area contributed by atoms with Crippen molar-refractivity contribution >= 4 is 34.5 Å². The van der Waals surface area contributed by atoms with Gasteiger partial charge in [-0.1, -0.05) is 66.7 Å². The Morgan fingerprint density at radius 1 is 0.700 bits per heavy atom. The fourth-order valence-electron chi connectivity index (χ4n) is 5.24. The molecule has 0 radical (unpaired) electrons. The first-order valence-electron chi connectivity index (χ1n) is 13.6. The minimum atomic E-state index is -0.420. The molecule has 6 nitrogen and oxygen atoms in total. The first kappa shape index (κ1) is 24.7. The second kappa shape index (κ2) is 9.12. The Kier molecular flexibility index (Phi) is 5.63. The van der Waals surface area contributed by atoms with E-state index in [0.29, 0.717) is 0 Å². The fourth-order valence-corrected chi connectivity index (χ4v) is 5.24. The standard InChI is InChI=1S/C33H29BN4O2/c1-32(2)33(3,4)40-34(39-32)23-19-17-22(18-20-23)31-37-28-25-14-8-9-15-26(25)36-29(27-16-10-11-21-35-27)30(28)38(31)24-12-6-5-7-13-24/h5-21H,1-4H3. The van der Waals surface area contributed by atoms with Gasteiger partial charge in [0, 0.05) is 22.8 Å². The van der Waals surface area contributed by atoms with Crippen LogP contribution in [-0.4, -0.2) is 37.8 Å². The predicted octanol–water partition coefficient (Wildman–Crippen LogP) is 6.60. The third-order valence-electron chi connectivity index (χ3n) is 8.11. The Morgan fingerprint density at radius 2 is 1.38 bits per heavy atom. The zero-order valence-corrected chi connectivity index (χ0v) is 23.0. The maximum Gasteiger partial charge on any atom is 0.494 e. The largest absolute Gasteiger partial charge is 0.494 e. The molecule has 0 spiro atoms. The predicted molar refractivity (Wildman–Crippen MR) is 161 cm³/mol. The van der Waals surface area contributed by atoms with E-state index in [1.807, 2.05) is 54.6 Å². The summed E-state index contributed by atoms with van der Waals surface area (Å²) in [7, 11) is -0.420. The third-order valence-corrected chi connectivity index (χ3v) is 8.11. The Bertz CT molecular complexity index is 1830. The van der Waals surface area contributed by atoms with Crippen LogP contribution in [0.15, 0.2) is 103 Å². The van der Waals surface area contributed by atoms with Gasteiger partial charge in [-0.25, -0.2) is 9.97 Å². The van der Waals surface area contributed by atoms with Crippen LogP contribution in [0.5, 0.6) is 0 Å². The van der Waals surface area contributed by atoms with Gasteiger partial charge in [-0.3, -0.25) is 9.55 Å². The zero-order valence-electron chi connectivity index (χ0n) is 23.0. The van der Waals surface area contributed by atoms with Crippen LogP contribution in [0.25, 0.3) is 50.4 Å². The van der Waals surface area contributed by atoms with Crippen LogP contribution in [0, 0.1) is 0 Å². The summed E-state index contributed by atoms with van der Waals surface area (Å²) in [6.07, 6.45) is 1.80. The third kappa shape index (κ3) is 3.93. The molecule has 1 aliphatic heterocycles. The van der Waals surface area contributed by atoms with Gasteiger partial charge in [0.15, 0.2) is 0 Å². The van der Waals surface area contributed by atoms with Gasteiger partial charge in [0.1, 0.15) is 22.6 Å². The van der Waals surface area contributed by atoms with Gasteiger partial charge in [0.25, 0.3) is 0 Å². The van der Waals surface area contributed by atoms with E-state index >= 15 is 0 Å². The molecule has 1 fully saturated rings. The van der Waals surface area contributed by atoms with Gasteiger partial charge in [0.05, 0.1) is 22.4 Å². The van der Waals surface area contributed by atoms with E-state index in [4.69, 9.17) is 19.3 Å². The van der Waals surface area contributed by atoms with Crippen molar-refractivity contribution in [3.63, 3.8) is 0 Å². The number of pyridine rings is 2. The molecule has 3 aromatic heterocycles. The summed E-state index contributed by atoms with van der Waals surface area (Å²) in [6.45, 7) is 8.28. The lowest BCUT2D eigenvalue weighted by Gasteiger charge is -2.32. The number of hydrogen-bond donors (Lipinski definition) is 0. The first-order chi connectivity index (χ1) is 19.3. The number of rotatable bonds is 4. The molecule has 4 heterocycles. The lowest BCUT2D eigenvalue weighted by molar-refractivity contribution is 0.00578. The van der Waals surface area contributed by atoms with Crippen molar-refractivity contribution < 1.29 is 9.31 Å². The van der Waals surface area contributed by atoms with Crippen LogP contribution in [0.1, 0.15) is 27.7 Å². The quantitative estimate of drug-likeness (QED) is 0.243. The highest BCUT2D eigenvalue weighted by Gasteiger charge is 2.51. The molecule has 0 atom stereocenters. The van der Waals surface area contributed by atoms with E-state index in [9.17, 15) is 0 Å². The van der Waals surface area contributed by atoms with E-state index in [1.165, 1.54) is 0 Å². The van der Waals surface area contributed by atoms with Gasteiger partial charge in [-0.2, -0.15) is 0 Å². The summed E-state index contributed by atoms with van der Waals surface area (Å²) in [5, 5.41) is 1.00. The van der Waals surface area contributed by atoms with Crippen LogP contribution in [0.3, 0.4) is 0 Å². The monoisotopic (exact) mass is 524 g/mol. The Hall–Kier alpha value is -4.33. The molecule has 0 N–H and O–H groups in total. The van der Waals surface area contributed by atoms with Gasteiger partial charge in [0.2, 0.25) is 0 Å². The smallest absolute Gasteiger partial charge is 0.399 e. The number of hydrogen-bond acceptors (Lipinski definition) is 5. The Labute approximate surface area is 233 Å². The number of nitrogens with zero attached hydrogens (tertiary/aromatic N) is 4. The summed E-state index contributed by atoms with van der Waals surface area (Å²) in [5.74, 6) is 0.831. The molecule has 7 heteroatoms. The van der Waals surface area contributed by atoms with Gasteiger partial charge >= 0.3 is 7.12 Å². The van der Waals surface area contributed by atoms with Gasteiger partial charge in [-0.15, -0.1) is 0 Å². The van der Waals surface area contributed by atoms with Crippen molar-refractivity contribution in [2.45, 2.75) is 38.9 Å². The summed E-state index contributed by atoms with van der Waals surface area (Å²) in [6, 6.07) is 32.7. The molecule has 7 rings (SSSR count). The van der Waals surface area contributed by atoms with Crippen molar-refractivity contribution in [1.29, 1.82) is 0 Å². The highest BCUT2D eigenvalue weighted by Crippen LogP contribution is 2.38. The minimum absolute atomic E-state index is 0.395. The van der Waals surface area contributed by atoms with E-state index in [-0.39, 0.29) is 0 Å². The summed E-state index contributed by atoms with van der Waals surface area (Å²) < 4.78 is 14.8. The number of aromatic nitrogens is 4. The molecule has 0 bridgehead atoms. The van der Waals surface area contributed by atoms with E-state index in [2.05, 4.69) is 79.7 Å². The van der Waals surface area contributed by atoms with Crippen LogP contribution >= 0.6 is 0 Å². The molecular weight excluding hydrogens is 495 g/mol. The Balaban J connectivity index is 1.46. The molecule has 0 unspecified atom stereocenters. The topological polar surface area (TPSA) is 62.1 Å². The number of benzene rings is 3. The normalized spacial score (nSPS) is 16.1. The molecular formula is C33H29BN4O2. The minimum Gasteiger partial charge on any atom is -0.399 e. The van der Waals surface area contributed by atoms with Crippen molar-refractivity contribution in [3.8, 4) is 28.5 Å². The zero-order chi connectivity index (χ0) is 27.5. The lowest BCUT2D eigenvalue weighted by Crippen LogP contribution is -2.41. The lowest BCUT2D eigenvalue weighted by atomic mass is 9.79. The molecule has 0 saturated carbocycles. The van der Waals surface area contributed by atoms with Crippen molar-refractivity contribution in [2.24, 2.45) is 0 Å². The average molecular weight is 524 g/mol. The summed E-state index contributed by atoms with van der Waals surface area (Å²) in [4.78, 5) is 15.1. The highest BCUT2D eigenvalue weighted by atomic mass is 16.7. The molecule has 0 aliphatic carbocycles. The van der Waals surface area contributed by atoms with E-state index < -0.39 is 18.3 Å². The van der Waals surface area contributed by atoms with Crippen LogP contribution in [0.2, 0.25) is 0 Å². The molecule has 1 saturated heterocycles. The van der Waals surface area contributed by atoms with E-state index in [0.717, 1.165) is 55.9 Å².